The zero-order valence-electron chi connectivity index (χ0n) is 14.4. The fourth-order valence-electron chi connectivity index (χ4n) is 5.64. The lowest BCUT2D eigenvalue weighted by Crippen LogP contribution is -2.56. The molecule has 26 heavy (non-hydrogen) atoms. The first-order valence-electron chi connectivity index (χ1n) is 8.58. The van der Waals surface area contributed by atoms with Crippen molar-refractivity contribution in [3.63, 3.8) is 0 Å². The van der Waals surface area contributed by atoms with Crippen LogP contribution >= 0.6 is 12.0 Å². The molecule has 0 heterocycles. The Morgan fingerprint density at radius 2 is 1.77 bits per heavy atom. The van der Waals surface area contributed by atoms with Gasteiger partial charge in [0.1, 0.15) is 0 Å². The Hall–Kier alpha value is -0.550. The van der Waals surface area contributed by atoms with Crippen LogP contribution in [-0.2, 0) is 18.9 Å². The molecule has 0 radical (unpaired) electrons. The van der Waals surface area contributed by atoms with Gasteiger partial charge in [0, 0.05) is 12.0 Å². The maximum Gasteiger partial charge on any atom is 0.415 e. The molecule has 0 saturated heterocycles. The fourth-order valence-corrected chi connectivity index (χ4v) is 6.03. The molecular formula is C16H23F3O6S. The maximum atomic E-state index is 13.3. The van der Waals surface area contributed by atoms with Gasteiger partial charge in [-0.05, 0) is 62.7 Å². The summed E-state index contributed by atoms with van der Waals surface area (Å²) in [4.78, 5) is 12.2. The molecule has 3 unspecified atom stereocenters. The van der Waals surface area contributed by atoms with Crippen LogP contribution in [0.5, 0.6) is 0 Å². The van der Waals surface area contributed by atoms with Gasteiger partial charge in [0.05, 0.1) is 18.6 Å². The standard InChI is InChI=1S/C16H23F3O6S/c1-13(16(17,18)19,26-25-24-22)12(21)23-9-15-5-10-2-11(6-15)4-14(3-10,7-15)8-20/h10-11,20,22H,2-9H2,1H3. The van der Waals surface area contributed by atoms with E-state index >= 15 is 0 Å². The van der Waals surface area contributed by atoms with Crippen LogP contribution in [0.15, 0.2) is 0 Å². The van der Waals surface area contributed by atoms with Gasteiger partial charge in [0.25, 0.3) is 0 Å². The number of ether oxygens (including phenoxy) is 1. The quantitative estimate of drug-likeness (QED) is 0.293. The SMILES string of the molecule is CC(SOOO)(C(=O)OCC12CC3CC(CC(CO)(C3)C1)C2)C(F)(F)F. The highest BCUT2D eigenvalue weighted by molar-refractivity contribution is 7.96. The average Bonchev–Trinajstić information content (AvgIpc) is 2.55. The molecule has 6 nitrogen and oxygen atoms in total. The Kier molecular flexibility index (Phi) is 5.28. The first-order chi connectivity index (χ1) is 12.1. The summed E-state index contributed by atoms with van der Waals surface area (Å²) in [5.74, 6) is -0.631. The number of alkyl halides is 3. The zero-order valence-corrected chi connectivity index (χ0v) is 15.2. The van der Waals surface area contributed by atoms with Crippen molar-refractivity contribution >= 4 is 18.0 Å². The molecule has 4 saturated carbocycles. The van der Waals surface area contributed by atoms with Gasteiger partial charge in [0.2, 0.25) is 4.75 Å². The van der Waals surface area contributed by atoms with Crippen molar-refractivity contribution in [2.45, 2.75) is 56.4 Å². The number of aliphatic hydroxyl groups is 1. The summed E-state index contributed by atoms with van der Waals surface area (Å²) in [7, 11) is 0. The monoisotopic (exact) mass is 400 g/mol. The largest absolute Gasteiger partial charge is 0.464 e. The van der Waals surface area contributed by atoms with Gasteiger partial charge in [-0.1, -0.05) is 5.04 Å². The fraction of sp³-hybridized carbons (Fsp3) is 0.938. The van der Waals surface area contributed by atoms with E-state index in [9.17, 15) is 23.1 Å². The molecule has 4 aliphatic carbocycles. The second-order valence-electron chi connectivity index (χ2n) is 8.45. The van der Waals surface area contributed by atoms with Crippen LogP contribution in [0.2, 0.25) is 0 Å². The highest BCUT2D eigenvalue weighted by atomic mass is 32.2. The minimum absolute atomic E-state index is 0.0630. The number of esters is 1. The molecular weight excluding hydrogens is 377 g/mol. The molecule has 10 heteroatoms. The summed E-state index contributed by atoms with van der Waals surface area (Å²) >= 11 is -0.352. The Morgan fingerprint density at radius 3 is 2.27 bits per heavy atom. The smallest absolute Gasteiger partial charge is 0.415 e. The van der Waals surface area contributed by atoms with E-state index in [-0.39, 0.29) is 36.1 Å². The molecule has 0 aromatic rings. The highest BCUT2D eigenvalue weighted by Crippen LogP contribution is 2.65. The van der Waals surface area contributed by atoms with E-state index < -0.39 is 16.9 Å². The maximum absolute atomic E-state index is 13.3. The van der Waals surface area contributed by atoms with Gasteiger partial charge in [-0.25, -0.2) is 5.26 Å². The molecule has 0 spiro atoms. The number of hydrogen-bond acceptors (Lipinski definition) is 7. The lowest BCUT2D eigenvalue weighted by atomic mass is 9.44. The van der Waals surface area contributed by atoms with Crippen LogP contribution in [0.3, 0.4) is 0 Å². The number of halogens is 3. The van der Waals surface area contributed by atoms with Gasteiger partial charge in [-0.3, -0.25) is 4.79 Å². The summed E-state index contributed by atoms with van der Waals surface area (Å²) in [6, 6.07) is 0. The van der Waals surface area contributed by atoms with Crippen molar-refractivity contribution in [3.05, 3.63) is 0 Å². The van der Waals surface area contributed by atoms with Crippen LogP contribution in [0.1, 0.15) is 45.4 Å². The lowest BCUT2D eigenvalue weighted by molar-refractivity contribution is -0.433. The molecule has 0 aromatic carbocycles. The van der Waals surface area contributed by atoms with E-state index in [1.165, 1.54) is 0 Å². The van der Waals surface area contributed by atoms with Crippen molar-refractivity contribution in [3.8, 4) is 0 Å². The van der Waals surface area contributed by atoms with E-state index in [4.69, 9.17) is 9.99 Å². The van der Waals surface area contributed by atoms with E-state index in [2.05, 4.69) is 9.37 Å². The van der Waals surface area contributed by atoms with Gasteiger partial charge in [0.15, 0.2) is 0 Å². The Balaban J connectivity index is 1.70. The summed E-state index contributed by atoms with van der Waals surface area (Å²) in [6.45, 7) is 0.578. The summed E-state index contributed by atoms with van der Waals surface area (Å²) in [5, 5.41) is 21.2. The van der Waals surface area contributed by atoms with E-state index in [1.807, 2.05) is 0 Å². The molecule has 4 aliphatic rings. The number of carbonyl (C=O) groups excluding carboxylic acids is 1. The Bertz CT molecular complexity index is 543. The molecule has 0 aromatic heterocycles. The van der Waals surface area contributed by atoms with Gasteiger partial charge in [-0.15, -0.1) is 4.33 Å². The van der Waals surface area contributed by atoms with Crippen LogP contribution < -0.4 is 0 Å². The Morgan fingerprint density at radius 1 is 1.19 bits per heavy atom. The predicted molar refractivity (Wildman–Crippen MR) is 84.4 cm³/mol. The van der Waals surface area contributed by atoms with Crippen LogP contribution in [0, 0.1) is 22.7 Å². The first-order valence-corrected chi connectivity index (χ1v) is 9.32. The second kappa shape index (κ2) is 6.80. The number of carbonyl (C=O) groups is 1. The summed E-state index contributed by atoms with van der Waals surface area (Å²) in [5.41, 5.74) is -0.555. The molecule has 0 amide bonds. The zero-order chi connectivity index (χ0) is 19.2. The lowest BCUT2D eigenvalue weighted by Gasteiger charge is -2.61. The molecule has 0 aliphatic heterocycles. The first kappa shape index (κ1) is 20.2. The van der Waals surface area contributed by atoms with Gasteiger partial charge < -0.3 is 9.84 Å². The van der Waals surface area contributed by atoms with Crippen LogP contribution in [0.25, 0.3) is 0 Å². The van der Waals surface area contributed by atoms with Crippen LogP contribution in [-0.4, -0.2) is 40.5 Å². The second-order valence-corrected chi connectivity index (χ2v) is 9.57. The normalized spacial score (nSPS) is 38.2. The molecule has 4 bridgehead atoms. The third-order valence-corrected chi connectivity index (χ3v) is 7.17. The molecule has 4 rings (SSSR count). The van der Waals surface area contributed by atoms with E-state index in [1.54, 1.807) is 0 Å². The molecule has 3 atom stereocenters. The third-order valence-electron chi connectivity index (χ3n) is 6.31. The van der Waals surface area contributed by atoms with E-state index in [0.717, 1.165) is 32.1 Å². The summed E-state index contributed by atoms with van der Waals surface area (Å²) < 4.78 is 45.9. The third kappa shape index (κ3) is 3.46. The molecule has 150 valence electrons. The minimum Gasteiger partial charge on any atom is -0.464 e. The van der Waals surface area contributed by atoms with Gasteiger partial charge >= 0.3 is 12.1 Å². The number of aliphatic hydroxyl groups excluding tert-OH is 1. The van der Waals surface area contributed by atoms with Gasteiger partial charge in [-0.2, -0.15) is 13.2 Å². The Labute approximate surface area is 153 Å². The molecule has 4 fully saturated rings. The van der Waals surface area contributed by atoms with E-state index in [0.29, 0.717) is 25.2 Å². The molecule has 2 N–H and O–H groups in total. The highest BCUT2D eigenvalue weighted by Gasteiger charge is 2.62. The van der Waals surface area contributed by atoms with Crippen molar-refractivity contribution in [1.29, 1.82) is 0 Å². The van der Waals surface area contributed by atoms with Crippen molar-refractivity contribution in [1.82, 2.24) is 0 Å². The van der Waals surface area contributed by atoms with Crippen molar-refractivity contribution < 1.29 is 42.4 Å². The average molecular weight is 400 g/mol. The topological polar surface area (TPSA) is 85.2 Å². The number of rotatable bonds is 7. The summed E-state index contributed by atoms with van der Waals surface area (Å²) in [6.07, 6.45) is 0.287. The van der Waals surface area contributed by atoms with Crippen molar-refractivity contribution in [2.24, 2.45) is 22.7 Å². The predicted octanol–water partition coefficient (Wildman–Crippen LogP) is 3.50. The van der Waals surface area contributed by atoms with Crippen molar-refractivity contribution in [2.75, 3.05) is 13.2 Å². The minimum atomic E-state index is -4.96. The van der Waals surface area contributed by atoms with Crippen LogP contribution in [0.4, 0.5) is 13.2 Å². The number of hydrogen-bond donors (Lipinski definition) is 2.